The molecule has 27 heavy (non-hydrogen) atoms. The van der Waals surface area contributed by atoms with Gasteiger partial charge in [0.15, 0.2) is 0 Å². The molecule has 0 unspecified atom stereocenters. The number of ether oxygens (including phenoxy) is 3. The molecule has 1 aromatic rings. The number of rotatable bonds is 7. The van der Waals surface area contributed by atoms with Gasteiger partial charge in [0.25, 0.3) is 0 Å². The SMILES string of the molecule is CC(=O)OC[C@H]1O[C@H](N(Cc2ccccc2)S(C)(=O)=O)C=C[C@@H]1OC(C)=O. The van der Waals surface area contributed by atoms with Crippen LogP contribution in [0.25, 0.3) is 0 Å². The van der Waals surface area contributed by atoms with Crippen LogP contribution < -0.4 is 0 Å². The van der Waals surface area contributed by atoms with Gasteiger partial charge in [-0.15, -0.1) is 0 Å². The van der Waals surface area contributed by atoms with E-state index >= 15 is 0 Å². The summed E-state index contributed by atoms with van der Waals surface area (Å²) in [6.07, 6.45) is 1.62. The molecule has 0 bridgehead atoms. The highest BCUT2D eigenvalue weighted by atomic mass is 32.2. The van der Waals surface area contributed by atoms with Gasteiger partial charge in [0.2, 0.25) is 10.0 Å². The van der Waals surface area contributed by atoms with Gasteiger partial charge >= 0.3 is 11.9 Å². The Morgan fingerprint density at radius 3 is 2.33 bits per heavy atom. The van der Waals surface area contributed by atoms with Gasteiger partial charge in [-0.25, -0.2) is 8.42 Å². The van der Waals surface area contributed by atoms with E-state index in [1.165, 1.54) is 24.2 Å². The maximum atomic E-state index is 12.3. The van der Waals surface area contributed by atoms with Gasteiger partial charge in [0.1, 0.15) is 25.0 Å². The second kappa shape index (κ2) is 9.12. The van der Waals surface area contributed by atoms with E-state index < -0.39 is 40.4 Å². The van der Waals surface area contributed by atoms with Crippen LogP contribution in [0, 0.1) is 0 Å². The molecule has 0 N–H and O–H groups in total. The van der Waals surface area contributed by atoms with E-state index in [-0.39, 0.29) is 13.2 Å². The lowest BCUT2D eigenvalue weighted by atomic mass is 10.1. The second-order valence-corrected chi connectivity index (χ2v) is 8.06. The van der Waals surface area contributed by atoms with Crippen molar-refractivity contribution in [1.29, 1.82) is 0 Å². The summed E-state index contributed by atoms with van der Waals surface area (Å²) in [6.45, 7) is 2.43. The second-order valence-electron chi connectivity index (χ2n) is 6.12. The van der Waals surface area contributed by atoms with E-state index in [1.54, 1.807) is 6.08 Å². The fourth-order valence-electron chi connectivity index (χ4n) is 2.59. The molecule has 0 aromatic heterocycles. The Balaban J connectivity index is 2.24. The Morgan fingerprint density at radius 1 is 1.11 bits per heavy atom. The third-order valence-electron chi connectivity index (χ3n) is 3.79. The molecule has 1 aromatic carbocycles. The van der Waals surface area contributed by atoms with Crippen LogP contribution in [0.3, 0.4) is 0 Å². The van der Waals surface area contributed by atoms with E-state index in [2.05, 4.69) is 0 Å². The number of hydrogen-bond donors (Lipinski definition) is 0. The number of carbonyl (C=O) groups excluding carboxylic acids is 2. The largest absolute Gasteiger partial charge is 0.463 e. The topological polar surface area (TPSA) is 99.2 Å². The lowest BCUT2D eigenvalue weighted by Gasteiger charge is -2.36. The molecule has 3 atom stereocenters. The van der Waals surface area contributed by atoms with Gasteiger partial charge in [-0.05, 0) is 17.7 Å². The molecule has 0 amide bonds. The summed E-state index contributed by atoms with van der Waals surface area (Å²) in [4.78, 5) is 22.4. The van der Waals surface area contributed by atoms with E-state index in [9.17, 15) is 18.0 Å². The molecule has 148 valence electrons. The van der Waals surface area contributed by atoms with Crippen molar-refractivity contribution < 1.29 is 32.2 Å². The van der Waals surface area contributed by atoms with Crippen molar-refractivity contribution in [2.45, 2.75) is 38.8 Å². The van der Waals surface area contributed by atoms with Gasteiger partial charge in [-0.3, -0.25) is 9.59 Å². The monoisotopic (exact) mass is 397 g/mol. The standard InChI is InChI=1S/C18H23NO7S/c1-13(20)24-12-17-16(25-14(2)21)9-10-18(26-17)19(27(3,22)23)11-15-7-5-4-6-8-15/h4-10,16-18H,11-12H2,1-3H3/t16-,17+,18-/m0/s1. The molecular formula is C18H23NO7S. The lowest BCUT2D eigenvalue weighted by Crippen LogP contribution is -2.48. The molecule has 0 aliphatic carbocycles. The summed E-state index contributed by atoms with van der Waals surface area (Å²) in [6, 6.07) is 9.08. The van der Waals surface area contributed by atoms with Crippen molar-refractivity contribution in [3.8, 4) is 0 Å². The van der Waals surface area contributed by atoms with Crippen molar-refractivity contribution in [3.05, 3.63) is 48.0 Å². The third kappa shape index (κ3) is 6.46. The van der Waals surface area contributed by atoms with Crippen molar-refractivity contribution in [2.75, 3.05) is 12.9 Å². The fourth-order valence-corrected chi connectivity index (χ4v) is 3.47. The van der Waals surface area contributed by atoms with Crippen molar-refractivity contribution >= 4 is 22.0 Å². The minimum Gasteiger partial charge on any atom is -0.463 e. The average molecular weight is 397 g/mol. The summed E-state index contributed by atoms with van der Waals surface area (Å²) >= 11 is 0. The number of nitrogens with zero attached hydrogens (tertiary/aromatic N) is 1. The first-order valence-electron chi connectivity index (χ1n) is 8.32. The minimum absolute atomic E-state index is 0.104. The summed E-state index contributed by atoms with van der Waals surface area (Å²) in [5.41, 5.74) is 0.790. The molecule has 9 heteroatoms. The zero-order chi connectivity index (χ0) is 20.0. The summed E-state index contributed by atoms with van der Waals surface area (Å²) in [5.74, 6) is -1.04. The molecule has 0 spiro atoms. The predicted octanol–water partition coefficient (Wildman–Crippen LogP) is 1.22. The zero-order valence-electron chi connectivity index (χ0n) is 15.4. The molecule has 0 fully saturated rings. The van der Waals surface area contributed by atoms with Crippen molar-refractivity contribution in [3.63, 3.8) is 0 Å². The molecule has 0 radical (unpaired) electrons. The highest BCUT2D eigenvalue weighted by molar-refractivity contribution is 7.88. The van der Waals surface area contributed by atoms with E-state index in [0.717, 1.165) is 11.8 Å². The smallest absolute Gasteiger partial charge is 0.303 e. The number of esters is 2. The van der Waals surface area contributed by atoms with Gasteiger partial charge in [0, 0.05) is 20.4 Å². The lowest BCUT2D eigenvalue weighted by molar-refractivity contribution is -0.169. The molecule has 1 heterocycles. The summed E-state index contributed by atoms with van der Waals surface area (Å²) in [7, 11) is -3.62. The van der Waals surface area contributed by atoms with E-state index in [1.807, 2.05) is 30.3 Å². The Morgan fingerprint density at radius 2 is 1.78 bits per heavy atom. The Bertz CT molecular complexity index is 791. The van der Waals surface area contributed by atoms with Crippen LogP contribution in [0.2, 0.25) is 0 Å². The van der Waals surface area contributed by atoms with Gasteiger partial charge < -0.3 is 14.2 Å². The summed E-state index contributed by atoms with van der Waals surface area (Å²) in [5, 5.41) is 0. The molecule has 1 aliphatic heterocycles. The van der Waals surface area contributed by atoms with Crippen LogP contribution in [-0.4, -0.2) is 56.0 Å². The number of carbonyl (C=O) groups is 2. The maximum absolute atomic E-state index is 12.3. The van der Waals surface area contributed by atoms with Crippen LogP contribution in [-0.2, 0) is 40.4 Å². The normalized spacial score (nSPS) is 22.4. The van der Waals surface area contributed by atoms with Crippen LogP contribution in [0.5, 0.6) is 0 Å². The predicted molar refractivity (Wildman–Crippen MR) is 96.8 cm³/mol. The van der Waals surface area contributed by atoms with Crippen LogP contribution in [0.1, 0.15) is 19.4 Å². The average Bonchev–Trinajstić information content (AvgIpc) is 2.58. The Kier molecular flexibility index (Phi) is 7.11. The fraction of sp³-hybridized carbons (Fsp3) is 0.444. The molecule has 8 nitrogen and oxygen atoms in total. The van der Waals surface area contributed by atoms with E-state index in [4.69, 9.17) is 14.2 Å². The zero-order valence-corrected chi connectivity index (χ0v) is 16.2. The molecule has 2 rings (SSSR count). The van der Waals surface area contributed by atoms with Crippen LogP contribution >= 0.6 is 0 Å². The molecule has 1 aliphatic rings. The highest BCUT2D eigenvalue weighted by Crippen LogP contribution is 2.23. The van der Waals surface area contributed by atoms with Gasteiger partial charge in [-0.1, -0.05) is 30.3 Å². The molecular weight excluding hydrogens is 374 g/mol. The first-order chi connectivity index (χ1) is 12.7. The van der Waals surface area contributed by atoms with Crippen LogP contribution in [0.15, 0.2) is 42.5 Å². The van der Waals surface area contributed by atoms with Crippen LogP contribution in [0.4, 0.5) is 0 Å². The summed E-state index contributed by atoms with van der Waals surface area (Å²) < 4.78 is 41.7. The number of hydrogen-bond acceptors (Lipinski definition) is 7. The molecule has 0 saturated heterocycles. The highest BCUT2D eigenvalue weighted by Gasteiger charge is 2.36. The van der Waals surface area contributed by atoms with E-state index in [0.29, 0.717) is 0 Å². The van der Waals surface area contributed by atoms with Crippen molar-refractivity contribution in [1.82, 2.24) is 4.31 Å². The third-order valence-corrected chi connectivity index (χ3v) is 4.98. The quantitative estimate of drug-likeness (QED) is 0.504. The minimum atomic E-state index is -3.62. The van der Waals surface area contributed by atoms with Crippen molar-refractivity contribution in [2.24, 2.45) is 0 Å². The Labute approximate surface area is 158 Å². The Hall–Kier alpha value is -2.23. The van der Waals surface area contributed by atoms with Gasteiger partial charge in [-0.2, -0.15) is 4.31 Å². The van der Waals surface area contributed by atoms with Gasteiger partial charge in [0.05, 0.1) is 6.26 Å². The number of sulfonamides is 1. The number of benzene rings is 1. The molecule has 0 saturated carbocycles. The first kappa shape index (κ1) is 21.1. The maximum Gasteiger partial charge on any atom is 0.303 e. The first-order valence-corrected chi connectivity index (χ1v) is 10.2.